The SMILES string of the molecule is O[C@@H]1CCN(C2CCCC[C@@H]2OCCc2cc3ccccc3o2)C1. The van der Waals surface area contributed by atoms with E-state index in [2.05, 4.69) is 17.0 Å². The lowest BCUT2D eigenvalue weighted by Crippen LogP contribution is -2.46. The topological polar surface area (TPSA) is 45.8 Å². The molecule has 1 aliphatic heterocycles. The summed E-state index contributed by atoms with van der Waals surface area (Å²) in [6, 6.07) is 10.7. The van der Waals surface area contributed by atoms with Gasteiger partial charge < -0.3 is 14.3 Å². The summed E-state index contributed by atoms with van der Waals surface area (Å²) in [6.45, 7) is 2.53. The highest BCUT2D eigenvalue weighted by Crippen LogP contribution is 2.28. The van der Waals surface area contributed by atoms with Crippen molar-refractivity contribution in [3.8, 4) is 0 Å². The molecule has 4 heteroatoms. The normalized spacial score (nSPS) is 28.6. The van der Waals surface area contributed by atoms with Gasteiger partial charge in [0, 0.05) is 30.9 Å². The fraction of sp³-hybridized carbons (Fsp3) is 0.600. The van der Waals surface area contributed by atoms with Gasteiger partial charge in [0.15, 0.2) is 0 Å². The Labute approximate surface area is 143 Å². The van der Waals surface area contributed by atoms with E-state index in [4.69, 9.17) is 9.15 Å². The van der Waals surface area contributed by atoms with Crippen molar-refractivity contribution in [3.05, 3.63) is 36.1 Å². The molecule has 130 valence electrons. The number of para-hydroxylation sites is 1. The number of fused-ring (bicyclic) bond motifs is 1. The zero-order valence-corrected chi connectivity index (χ0v) is 14.2. The van der Waals surface area contributed by atoms with Crippen LogP contribution in [0.15, 0.2) is 34.7 Å². The lowest BCUT2D eigenvalue weighted by Gasteiger charge is -2.37. The molecule has 2 heterocycles. The maximum Gasteiger partial charge on any atom is 0.134 e. The highest BCUT2D eigenvalue weighted by molar-refractivity contribution is 5.77. The number of rotatable bonds is 5. The standard InChI is InChI=1S/C20H27NO3/c22-16-9-11-21(14-16)18-6-2-4-8-20(18)23-12-10-17-13-15-5-1-3-7-19(15)24-17/h1,3,5,7,13,16,18,20,22H,2,4,6,8-12,14H2/t16-,18?,20+/m1/s1. The van der Waals surface area contributed by atoms with Gasteiger partial charge in [0.1, 0.15) is 11.3 Å². The minimum atomic E-state index is -0.150. The molecule has 1 aliphatic carbocycles. The van der Waals surface area contributed by atoms with Crippen LogP contribution in [0.25, 0.3) is 11.0 Å². The largest absolute Gasteiger partial charge is 0.461 e. The van der Waals surface area contributed by atoms with Gasteiger partial charge in [0.25, 0.3) is 0 Å². The van der Waals surface area contributed by atoms with Crippen LogP contribution >= 0.6 is 0 Å². The summed E-state index contributed by atoms with van der Waals surface area (Å²) in [5.41, 5.74) is 0.953. The zero-order valence-electron chi connectivity index (χ0n) is 14.2. The van der Waals surface area contributed by atoms with Gasteiger partial charge in [-0.25, -0.2) is 0 Å². The van der Waals surface area contributed by atoms with Crippen molar-refractivity contribution in [1.82, 2.24) is 4.90 Å². The minimum absolute atomic E-state index is 0.150. The van der Waals surface area contributed by atoms with Crippen LogP contribution in [0.5, 0.6) is 0 Å². The second-order valence-corrected chi connectivity index (χ2v) is 7.20. The molecule has 0 amide bonds. The van der Waals surface area contributed by atoms with E-state index in [0.717, 1.165) is 49.1 Å². The second-order valence-electron chi connectivity index (χ2n) is 7.20. The number of furan rings is 1. The molecule has 4 nitrogen and oxygen atoms in total. The lowest BCUT2D eigenvalue weighted by molar-refractivity contribution is -0.0324. The highest BCUT2D eigenvalue weighted by Gasteiger charge is 2.34. The van der Waals surface area contributed by atoms with E-state index in [-0.39, 0.29) is 6.10 Å². The number of ether oxygens (including phenoxy) is 1. The third-order valence-electron chi connectivity index (χ3n) is 5.49. The van der Waals surface area contributed by atoms with E-state index >= 15 is 0 Å². The lowest BCUT2D eigenvalue weighted by atomic mass is 9.91. The van der Waals surface area contributed by atoms with E-state index in [1.165, 1.54) is 19.3 Å². The van der Waals surface area contributed by atoms with Crippen LogP contribution in [0, 0.1) is 0 Å². The second kappa shape index (κ2) is 7.26. The molecule has 24 heavy (non-hydrogen) atoms. The summed E-state index contributed by atoms with van der Waals surface area (Å²) in [5, 5.41) is 11.0. The Morgan fingerprint density at radius 3 is 2.88 bits per heavy atom. The molecule has 0 bridgehead atoms. The third kappa shape index (κ3) is 3.51. The molecule has 1 aromatic carbocycles. The number of nitrogens with zero attached hydrogens (tertiary/aromatic N) is 1. The molecule has 2 aromatic rings. The number of aliphatic hydroxyl groups is 1. The van der Waals surface area contributed by atoms with Gasteiger partial charge in [0.2, 0.25) is 0 Å². The van der Waals surface area contributed by atoms with Crippen molar-refractivity contribution in [1.29, 1.82) is 0 Å². The first kappa shape index (κ1) is 16.1. The predicted molar refractivity (Wildman–Crippen MR) is 94.1 cm³/mol. The van der Waals surface area contributed by atoms with Gasteiger partial charge in [-0.3, -0.25) is 4.90 Å². The summed E-state index contributed by atoms with van der Waals surface area (Å²) in [5.74, 6) is 1.00. The quantitative estimate of drug-likeness (QED) is 0.913. The Morgan fingerprint density at radius 1 is 1.17 bits per heavy atom. The molecule has 1 aromatic heterocycles. The fourth-order valence-corrected chi connectivity index (χ4v) is 4.23. The summed E-state index contributed by atoms with van der Waals surface area (Å²) < 4.78 is 12.1. The Hall–Kier alpha value is -1.36. The van der Waals surface area contributed by atoms with Crippen molar-refractivity contribution in [2.45, 2.75) is 56.8 Å². The molecular weight excluding hydrogens is 302 g/mol. The average Bonchev–Trinajstić information content (AvgIpc) is 3.21. The Bertz CT molecular complexity index is 635. The van der Waals surface area contributed by atoms with E-state index in [1.807, 2.05) is 18.2 Å². The predicted octanol–water partition coefficient (Wildman–Crippen LogP) is 3.37. The number of hydrogen-bond donors (Lipinski definition) is 1. The molecule has 0 spiro atoms. The van der Waals surface area contributed by atoms with Crippen molar-refractivity contribution >= 4 is 11.0 Å². The van der Waals surface area contributed by atoms with Crippen LogP contribution < -0.4 is 0 Å². The molecule has 3 atom stereocenters. The Kier molecular flexibility index (Phi) is 4.88. The third-order valence-corrected chi connectivity index (χ3v) is 5.49. The van der Waals surface area contributed by atoms with Crippen LogP contribution in [0.2, 0.25) is 0 Å². The summed E-state index contributed by atoms with van der Waals surface area (Å²) in [6.07, 6.45) is 6.74. The van der Waals surface area contributed by atoms with Gasteiger partial charge in [0.05, 0.1) is 18.8 Å². The van der Waals surface area contributed by atoms with E-state index in [9.17, 15) is 5.11 Å². The minimum Gasteiger partial charge on any atom is -0.461 e. The average molecular weight is 329 g/mol. The monoisotopic (exact) mass is 329 g/mol. The van der Waals surface area contributed by atoms with Crippen LogP contribution in [0.3, 0.4) is 0 Å². The zero-order chi connectivity index (χ0) is 16.4. The molecule has 1 saturated heterocycles. The van der Waals surface area contributed by atoms with Crippen molar-refractivity contribution in [2.24, 2.45) is 0 Å². The molecule has 2 fully saturated rings. The van der Waals surface area contributed by atoms with E-state index < -0.39 is 0 Å². The van der Waals surface area contributed by atoms with Gasteiger partial charge in [-0.2, -0.15) is 0 Å². The van der Waals surface area contributed by atoms with Crippen LogP contribution in [0.4, 0.5) is 0 Å². The maximum atomic E-state index is 9.82. The van der Waals surface area contributed by atoms with Crippen LogP contribution in [-0.4, -0.2) is 48.0 Å². The fourth-order valence-electron chi connectivity index (χ4n) is 4.23. The summed E-state index contributed by atoms with van der Waals surface area (Å²) >= 11 is 0. The Balaban J connectivity index is 1.33. The molecule has 2 aliphatic rings. The first-order valence-electron chi connectivity index (χ1n) is 9.31. The number of likely N-dealkylation sites (tertiary alicyclic amines) is 1. The van der Waals surface area contributed by atoms with Gasteiger partial charge in [-0.1, -0.05) is 31.0 Å². The van der Waals surface area contributed by atoms with Crippen molar-refractivity contribution in [2.75, 3.05) is 19.7 Å². The Morgan fingerprint density at radius 2 is 2.04 bits per heavy atom. The highest BCUT2D eigenvalue weighted by atomic mass is 16.5. The molecular formula is C20H27NO3. The van der Waals surface area contributed by atoms with E-state index in [1.54, 1.807) is 0 Å². The first-order valence-corrected chi connectivity index (χ1v) is 9.31. The molecule has 1 saturated carbocycles. The number of hydrogen-bond acceptors (Lipinski definition) is 4. The molecule has 1 unspecified atom stereocenters. The first-order chi connectivity index (χ1) is 11.8. The molecule has 0 radical (unpaired) electrons. The smallest absolute Gasteiger partial charge is 0.134 e. The van der Waals surface area contributed by atoms with Crippen molar-refractivity contribution < 1.29 is 14.3 Å². The number of aliphatic hydroxyl groups excluding tert-OH is 1. The number of benzene rings is 1. The van der Waals surface area contributed by atoms with Crippen molar-refractivity contribution in [3.63, 3.8) is 0 Å². The van der Waals surface area contributed by atoms with Gasteiger partial charge >= 0.3 is 0 Å². The summed E-state index contributed by atoms with van der Waals surface area (Å²) in [7, 11) is 0. The van der Waals surface area contributed by atoms with Gasteiger partial charge in [-0.05, 0) is 31.4 Å². The van der Waals surface area contributed by atoms with Crippen LogP contribution in [-0.2, 0) is 11.2 Å². The van der Waals surface area contributed by atoms with Gasteiger partial charge in [-0.15, -0.1) is 0 Å². The molecule has 4 rings (SSSR count). The molecule has 1 N–H and O–H groups in total. The van der Waals surface area contributed by atoms with E-state index in [0.29, 0.717) is 18.8 Å². The maximum absolute atomic E-state index is 9.82. The number of β-amino-alcohol motifs (C(OH)–C–C–N with tert-alkyl or cyclic N) is 1. The summed E-state index contributed by atoms with van der Waals surface area (Å²) in [4.78, 5) is 2.44. The van der Waals surface area contributed by atoms with Crippen LogP contribution in [0.1, 0.15) is 37.9 Å².